The van der Waals surface area contributed by atoms with Gasteiger partial charge in [0.05, 0.1) is 5.52 Å². The zero-order valence-electron chi connectivity index (χ0n) is 9.35. The Bertz CT molecular complexity index is 643. The zero-order valence-corrected chi connectivity index (χ0v) is 10.2. The van der Waals surface area contributed by atoms with Gasteiger partial charge in [0.1, 0.15) is 5.82 Å². The molecular formula is C10H13N3O2S. The molecular weight excluding hydrogens is 226 g/mol. The highest BCUT2D eigenvalue weighted by molar-refractivity contribution is 7.89. The van der Waals surface area contributed by atoms with Crippen molar-refractivity contribution in [2.45, 2.75) is 18.9 Å². The molecule has 0 fully saturated rings. The quantitative estimate of drug-likeness (QED) is 0.845. The summed E-state index contributed by atoms with van der Waals surface area (Å²) in [5.41, 5.74) is 1.52. The molecule has 2 rings (SSSR count). The van der Waals surface area contributed by atoms with Crippen LogP contribution in [0.15, 0.2) is 23.4 Å². The smallest absolute Gasteiger partial charge is 0.259 e. The van der Waals surface area contributed by atoms with Gasteiger partial charge in [-0.3, -0.25) is 0 Å². The highest BCUT2D eigenvalue weighted by Gasteiger charge is 2.21. The maximum absolute atomic E-state index is 11.8. The summed E-state index contributed by atoms with van der Waals surface area (Å²) in [5.74, 6) is 0.660. The van der Waals surface area contributed by atoms with Gasteiger partial charge >= 0.3 is 0 Å². The number of pyridine rings is 1. The van der Waals surface area contributed by atoms with Crippen molar-refractivity contribution in [3.8, 4) is 0 Å². The molecule has 2 heterocycles. The topological polar surface area (TPSA) is 63.5 Å². The number of fused-ring (bicyclic) bond motifs is 1. The van der Waals surface area contributed by atoms with Gasteiger partial charge < -0.3 is 4.40 Å². The normalized spacial score (nSPS) is 12.2. The van der Waals surface area contributed by atoms with Crippen LogP contribution in [0.3, 0.4) is 0 Å². The van der Waals surface area contributed by atoms with Gasteiger partial charge in [0, 0.05) is 6.20 Å². The lowest BCUT2D eigenvalue weighted by molar-refractivity contribution is 0.586. The number of aryl methyl sites for hydroxylation is 2. The molecule has 0 aliphatic heterocycles. The maximum atomic E-state index is 11.8. The summed E-state index contributed by atoms with van der Waals surface area (Å²) >= 11 is 0. The number of sulfonamides is 1. The Kier molecular flexibility index (Phi) is 2.47. The van der Waals surface area contributed by atoms with Crippen molar-refractivity contribution >= 4 is 15.5 Å². The standard InChI is InChI=1S/C10H13N3O2S/c1-7-5-4-6-13-8(2)12-10(9(7)13)16(14,15)11-3/h4-6,11H,1-3H3. The Labute approximate surface area is 94.2 Å². The number of rotatable bonds is 2. The van der Waals surface area contributed by atoms with E-state index in [2.05, 4.69) is 9.71 Å². The van der Waals surface area contributed by atoms with Crippen LogP contribution in [-0.4, -0.2) is 24.9 Å². The number of aromatic nitrogens is 2. The second-order valence-corrected chi connectivity index (χ2v) is 5.38. The van der Waals surface area contributed by atoms with Crippen LogP contribution in [0.25, 0.3) is 5.52 Å². The van der Waals surface area contributed by atoms with E-state index in [1.807, 2.05) is 19.1 Å². The van der Waals surface area contributed by atoms with Crippen LogP contribution in [0.5, 0.6) is 0 Å². The Morgan fingerprint density at radius 1 is 1.38 bits per heavy atom. The Morgan fingerprint density at radius 2 is 2.06 bits per heavy atom. The van der Waals surface area contributed by atoms with Gasteiger partial charge in [0.15, 0.2) is 5.03 Å². The second kappa shape index (κ2) is 3.57. The number of hydrogen-bond acceptors (Lipinski definition) is 3. The van der Waals surface area contributed by atoms with E-state index in [0.717, 1.165) is 5.56 Å². The van der Waals surface area contributed by atoms with Crippen LogP contribution in [0.1, 0.15) is 11.4 Å². The first-order chi connectivity index (χ1) is 7.47. The number of hydrogen-bond donors (Lipinski definition) is 1. The fourth-order valence-corrected chi connectivity index (χ4v) is 2.66. The molecule has 86 valence electrons. The monoisotopic (exact) mass is 239 g/mol. The third-order valence-electron chi connectivity index (χ3n) is 2.53. The number of nitrogens with zero attached hydrogens (tertiary/aromatic N) is 2. The molecule has 1 N–H and O–H groups in total. The minimum atomic E-state index is -3.51. The lowest BCUT2D eigenvalue weighted by Crippen LogP contribution is -2.19. The van der Waals surface area contributed by atoms with E-state index in [1.54, 1.807) is 17.5 Å². The average Bonchev–Trinajstić information content (AvgIpc) is 2.59. The summed E-state index contributed by atoms with van der Waals surface area (Å²) < 4.78 is 27.7. The van der Waals surface area contributed by atoms with Crippen LogP contribution in [-0.2, 0) is 10.0 Å². The molecule has 0 saturated carbocycles. The summed E-state index contributed by atoms with van der Waals surface area (Å²) in [6, 6.07) is 3.73. The minimum Gasteiger partial charge on any atom is -0.302 e. The zero-order chi connectivity index (χ0) is 11.9. The van der Waals surface area contributed by atoms with Gasteiger partial charge in [0.25, 0.3) is 10.0 Å². The van der Waals surface area contributed by atoms with Gasteiger partial charge in [-0.2, -0.15) is 0 Å². The van der Waals surface area contributed by atoms with E-state index in [0.29, 0.717) is 11.3 Å². The molecule has 5 nitrogen and oxygen atoms in total. The second-order valence-electron chi connectivity index (χ2n) is 3.58. The Hall–Kier alpha value is -1.40. The van der Waals surface area contributed by atoms with Crippen molar-refractivity contribution in [1.82, 2.24) is 14.1 Å². The van der Waals surface area contributed by atoms with Crippen molar-refractivity contribution in [1.29, 1.82) is 0 Å². The predicted molar refractivity (Wildman–Crippen MR) is 60.9 cm³/mol. The molecule has 6 heteroatoms. The van der Waals surface area contributed by atoms with Gasteiger partial charge in [-0.15, -0.1) is 0 Å². The third kappa shape index (κ3) is 1.50. The summed E-state index contributed by atoms with van der Waals surface area (Å²) in [6.07, 6.45) is 1.80. The third-order valence-corrected chi connectivity index (χ3v) is 3.86. The molecule has 16 heavy (non-hydrogen) atoms. The van der Waals surface area contributed by atoms with Crippen molar-refractivity contribution in [3.63, 3.8) is 0 Å². The van der Waals surface area contributed by atoms with E-state index in [4.69, 9.17) is 0 Å². The van der Waals surface area contributed by atoms with E-state index in [-0.39, 0.29) is 5.03 Å². The fraction of sp³-hybridized carbons (Fsp3) is 0.300. The summed E-state index contributed by atoms with van der Waals surface area (Å²) in [4.78, 5) is 4.11. The average molecular weight is 239 g/mol. The molecule has 0 atom stereocenters. The van der Waals surface area contributed by atoms with Crippen molar-refractivity contribution in [3.05, 3.63) is 29.7 Å². The maximum Gasteiger partial charge on any atom is 0.259 e. The summed E-state index contributed by atoms with van der Waals surface area (Å²) in [5, 5.41) is 0.0885. The highest BCUT2D eigenvalue weighted by Crippen LogP contribution is 2.20. The van der Waals surface area contributed by atoms with Gasteiger partial charge in [0.2, 0.25) is 0 Å². The predicted octanol–water partition coefficient (Wildman–Crippen LogP) is 0.859. The Morgan fingerprint density at radius 3 is 2.69 bits per heavy atom. The van der Waals surface area contributed by atoms with Crippen LogP contribution in [0.4, 0.5) is 0 Å². The summed E-state index contributed by atoms with van der Waals surface area (Å²) in [7, 11) is -2.13. The minimum absolute atomic E-state index is 0.0885. The lowest BCUT2D eigenvalue weighted by atomic mass is 10.3. The van der Waals surface area contributed by atoms with E-state index in [9.17, 15) is 8.42 Å². The SMILES string of the molecule is CNS(=O)(=O)c1nc(C)n2cccc(C)c12. The van der Waals surface area contributed by atoms with Crippen LogP contribution < -0.4 is 4.72 Å². The number of nitrogens with one attached hydrogen (secondary N) is 1. The molecule has 0 saturated heterocycles. The molecule has 0 amide bonds. The molecule has 0 aliphatic rings. The fourth-order valence-electron chi connectivity index (χ4n) is 1.70. The lowest BCUT2D eigenvalue weighted by Gasteiger charge is -2.02. The summed E-state index contributed by atoms with van der Waals surface area (Å²) in [6.45, 7) is 3.65. The largest absolute Gasteiger partial charge is 0.302 e. The van der Waals surface area contributed by atoms with E-state index in [1.165, 1.54) is 7.05 Å². The number of imidazole rings is 1. The van der Waals surface area contributed by atoms with Crippen LogP contribution in [0.2, 0.25) is 0 Å². The van der Waals surface area contributed by atoms with Crippen molar-refractivity contribution in [2.24, 2.45) is 0 Å². The molecule has 0 aromatic carbocycles. The molecule has 0 aliphatic carbocycles. The molecule has 0 spiro atoms. The first-order valence-corrected chi connectivity index (χ1v) is 6.33. The molecule has 2 aromatic rings. The first kappa shape index (κ1) is 11.1. The molecule has 0 bridgehead atoms. The van der Waals surface area contributed by atoms with Crippen molar-refractivity contribution < 1.29 is 8.42 Å². The highest BCUT2D eigenvalue weighted by atomic mass is 32.2. The van der Waals surface area contributed by atoms with E-state index < -0.39 is 10.0 Å². The van der Waals surface area contributed by atoms with Crippen LogP contribution in [0, 0.1) is 13.8 Å². The van der Waals surface area contributed by atoms with Crippen LogP contribution >= 0.6 is 0 Å². The van der Waals surface area contributed by atoms with Gasteiger partial charge in [-0.25, -0.2) is 18.1 Å². The van der Waals surface area contributed by atoms with Gasteiger partial charge in [-0.05, 0) is 32.5 Å². The molecule has 2 aromatic heterocycles. The van der Waals surface area contributed by atoms with Gasteiger partial charge in [-0.1, -0.05) is 6.07 Å². The van der Waals surface area contributed by atoms with Crippen molar-refractivity contribution in [2.75, 3.05) is 7.05 Å². The van der Waals surface area contributed by atoms with E-state index >= 15 is 0 Å². The Balaban J connectivity index is 2.93. The molecule has 0 unspecified atom stereocenters. The first-order valence-electron chi connectivity index (χ1n) is 4.85. The molecule has 0 radical (unpaired) electrons.